The third-order valence-electron chi connectivity index (χ3n) is 5.84. The Labute approximate surface area is 204 Å². The van der Waals surface area contributed by atoms with Gasteiger partial charge in [0.25, 0.3) is 0 Å². The highest BCUT2D eigenvalue weighted by Gasteiger charge is 2.30. The molecule has 0 spiro atoms. The number of nitrogens with one attached hydrogen (secondary N) is 2. The Morgan fingerprint density at radius 2 is 1.65 bits per heavy atom. The first kappa shape index (κ1) is 25.4. The number of alkyl carbamates (subject to hydrolysis) is 1. The lowest BCUT2D eigenvalue weighted by atomic mass is 9.98. The Morgan fingerprint density at radius 3 is 2.21 bits per heavy atom. The summed E-state index contributed by atoms with van der Waals surface area (Å²) in [4.78, 5) is 36.9. The number of ether oxygens (including phenoxy) is 1. The number of hydrogen-bond acceptors (Lipinski definition) is 5. The van der Waals surface area contributed by atoms with E-state index < -0.39 is 30.1 Å². The molecule has 0 heterocycles. The molecule has 3 rings (SSSR count). The van der Waals surface area contributed by atoms with Gasteiger partial charge in [-0.15, -0.1) is 6.58 Å². The highest BCUT2D eigenvalue weighted by Crippen LogP contribution is 2.44. The second-order valence-corrected chi connectivity index (χ2v) is 9.05. The molecule has 1 aliphatic rings. The van der Waals surface area contributed by atoms with E-state index in [0.29, 0.717) is 18.6 Å². The van der Waals surface area contributed by atoms with Crippen molar-refractivity contribution in [3.8, 4) is 11.1 Å². The number of benzene rings is 2. The zero-order chi connectivity index (χ0) is 24.5. The summed E-state index contributed by atoms with van der Waals surface area (Å²) in [6, 6.07) is 14.1. The van der Waals surface area contributed by atoms with Crippen molar-refractivity contribution in [3.05, 3.63) is 72.3 Å². The van der Waals surface area contributed by atoms with Crippen LogP contribution in [-0.2, 0) is 14.3 Å². The molecule has 2 amide bonds. The topological polar surface area (TPSA) is 105 Å². The Kier molecular flexibility index (Phi) is 9.16. The van der Waals surface area contributed by atoms with Gasteiger partial charge in [0.05, 0.1) is 0 Å². The number of carboxylic acids is 1. The molecule has 0 bridgehead atoms. The molecular formula is C26H30N2O5S. The Hall–Kier alpha value is -3.26. The number of rotatable bonds is 12. The van der Waals surface area contributed by atoms with Gasteiger partial charge in [0.1, 0.15) is 18.7 Å². The number of allylic oxidation sites excluding steroid dienone is 1. The van der Waals surface area contributed by atoms with Crippen LogP contribution in [0, 0.1) is 0 Å². The van der Waals surface area contributed by atoms with Crippen LogP contribution in [0.2, 0.25) is 0 Å². The first-order valence-electron chi connectivity index (χ1n) is 11.2. The molecule has 34 heavy (non-hydrogen) atoms. The molecule has 2 aromatic carbocycles. The molecule has 0 saturated carbocycles. The van der Waals surface area contributed by atoms with Gasteiger partial charge >= 0.3 is 12.1 Å². The maximum atomic E-state index is 12.8. The van der Waals surface area contributed by atoms with Gasteiger partial charge in [-0.25, -0.2) is 9.59 Å². The summed E-state index contributed by atoms with van der Waals surface area (Å²) < 4.78 is 5.55. The predicted molar refractivity (Wildman–Crippen MR) is 134 cm³/mol. The summed E-state index contributed by atoms with van der Waals surface area (Å²) in [7, 11) is 0. The van der Waals surface area contributed by atoms with Gasteiger partial charge in [-0.3, -0.25) is 4.79 Å². The van der Waals surface area contributed by atoms with Gasteiger partial charge in [-0.1, -0.05) is 54.6 Å². The molecule has 0 fully saturated rings. The Balaban J connectivity index is 1.64. The van der Waals surface area contributed by atoms with Crippen LogP contribution in [0.5, 0.6) is 0 Å². The fourth-order valence-electron chi connectivity index (χ4n) is 4.10. The third kappa shape index (κ3) is 6.20. The number of thioether (sulfide) groups is 1. The van der Waals surface area contributed by atoms with Crippen LogP contribution in [0.4, 0.5) is 4.79 Å². The molecule has 2 aromatic rings. The maximum Gasteiger partial charge on any atom is 0.407 e. The third-order valence-corrected chi connectivity index (χ3v) is 6.48. The lowest BCUT2D eigenvalue weighted by Gasteiger charge is -2.21. The fourth-order valence-corrected chi connectivity index (χ4v) is 4.57. The van der Waals surface area contributed by atoms with E-state index in [2.05, 4.69) is 29.3 Å². The van der Waals surface area contributed by atoms with Gasteiger partial charge < -0.3 is 20.5 Å². The minimum atomic E-state index is -1.13. The number of hydrogen-bond donors (Lipinski definition) is 3. The number of carbonyl (C=O) groups excluding carboxylic acids is 2. The van der Waals surface area contributed by atoms with Crippen molar-refractivity contribution in [2.45, 2.75) is 37.3 Å². The number of amides is 2. The van der Waals surface area contributed by atoms with Crippen molar-refractivity contribution < 1.29 is 24.2 Å². The summed E-state index contributed by atoms with van der Waals surface area (Å²) in [5.74, 6) is -1.14. The van der Waals surface area contributed by atoms with Crippen LogP contribution in [0.25, 0.3) is 11.1 Å². The first-order valence-corrected chi connectivity index (χ1v) is 12.6. The predicted octanol–water partition coefficient (Wildman–Crippen LogP) is 4.18. The standard InChI is InChI=1S/C26H30N2O5S/c1-3-4-13-23(25(30)31)27-24(29)22(14-15-34-2)28-26(32)33-16-21-19-11-7-5-9-17(19)18-10-6-8-12-20(18)21/h3,5-12,21-23H,1,4,13-16H2,2H3,(H,27,29)(H,28,32)(H,30,31). The quantitative estimate of drug-likeness (QED) is 0.392. The van der Waals surface area contributed by atoms with E-state index in [1.807, 2.05) is 42.7 Å². The second kappa shape index (κ2) is 12.3. The molecular weight excluding hydrogens is 452 g/mol. The van der Waals surface area contributed by atoms with Crippen molar-refractivity contribution in [2.24, 2.45) is 0 Å². The van der Waals surface area contributed by atoms with E-state index >= 15 is 0 Å². The van der Waals surface area contributed by atoms with Crippen LogP contribution in [0.15, 0.2) is 61.2 Å². The summed E-state index contributed by atoms with van der Waals surface area (Å²) in [6.45, 7) is 3.72. The van der Waals surface area contributed by atoms with Gasteiger partial charge in [0, 0.05) is 5.92 Å². The first-order chi connectivity index (χ1) is 16.5. The minimum Gasteiger partial charge on any atom is -0.480 e. The lowest BCUT2D eigenvalue weighted by Crippen LogP contribution is -2.52. The second-order valence-electron chi connectivity index (χ2n) is 8.07. The van der Waals surface area contributed by atoms with Crippen LogP contribution < -0.4 is 10.6 Å². The molecule has 3 N–H and O–H groups in total. The van der Waals surface area contributed by atoms with Crippen molar-refractivity contribution in [1.82, 2.24) is 10.6 Å². The lowest BCUT2D eigenvalue weighted by molar-refractivity contribution is -0.142. The molecule has 8 heteroatoms. The number of carboxylic acid groups (broad SMARTS) is 1. The van der Waals surface area contributed by atoms with E-state index in [1.165, 1.54) is 11.8 Å². The summed E-state index contributed by atoms with van der Waals surface area (Å²) in [5, 5.41) is 14.5. The van der Waals surface area contributed by atoms with Crippen molar-refractivity contribution in [2.75, 3.05) is 18.6 Å². The monoisotopic (exact) mass is 482 g/mol. The summed E-state index contributed by atoms with van der Waals surface area (Å²) in [5.41, 5.74) is 4.45. The SMILES string of the molecule is C=CCCC(NC(=O)C(CCSC)NC(=O)OCC1c2ccccc2-c2ccccc21)C(=O)O. The van der Waals surface area contributed by atoms with E-state index in [-0.39, 0.29) is 18.9 Å². The fraction of sp³-hybridized carbons (Fsp3) is 0.346. The van der Waals surface area contributed by atoms with Gasteiger partial charge in [0.15, 0.2) is 0 Å². The average molecular weight is 483 g/mol. The number of carbonyl (C=O) groups is 3. The van der Waals surface area contributed by atoms with Crippen molar-refractivity contribution in [3.63, 3.8) is 0 Å². The van der Waals surface area contributed by atoms with Crippen molar-refractivity contribution >= 4 is 29.7 Å². The molecule has 2 unspecified atom stereocenters. The summed E-state index contributed by atoms with van der Waals surface area (Å²) in [6.07, 6.45) is 3.82. The summed E-state index contributed by atoms with van der Waals surface area (Å²) >= 11 is 1.53. The zero-order valence-corrected chi connectivity index (χ0v) is 20.0. The minimum absolute atomic E-state index is 0.0908. The van der Waals surface area contributed by atoms with E-state index in [0.717, 1.165) is 22.3 Å². The van der Waals surface area contributed by atoms with E-state index in [9.17, 15) is 19.5 Å². The van der Waals surface area contributed by atoms with Crippen molar-refractivity contribution in [1.29, 1.82) is 0 Å². The molecule has 0 saturated heterocycles. The van der Waals surface area contributed by atoms with Gasteiger partial charge in [-0.05, 0) is 53.5 Å². The van der Waals surface area contributed by atoms with Crippen LogP contribution in [0.1, 0.15) is 36.3 Å². The van der Waals surface area contributed by atoms with Gasteiger partial charge in [0.2, 0.25) is 5.91 Å². The highest BCUT2D eigenvalue weighted by atomic mass is 32.2. The number of aliphatic carboxylic acids is 1. The highest BCUT2D eigenvalue weighted by molar-refractivity contribution is 7.98. The van der Waals surface area contributed by atoms with E-state index in [1.54, 1.807) is 6.08 Å². The van der Waals surface area contributed by atoms with Crippen LogP contribution in [-0.4, -0.2) is 53.8 Å². The normalized spacial score (nSPS) is 13.8. The molecule has 1 aliphatic carbocycles. The Bertz CT molecular complexity index is 996. The molecule has 0 radical (unpaired) electrons. The molecule has 2 atom stereocenters. The molecule has 180 valence electrons. The molecule has 0 aliphatic heterocycles. The Morgan fingerprint density at radius 1 is 1.03 bits per heavy atom. The van der Waals surface area contributed by atoms with E-state index in [4.69, 9.17) is 4.74 Å². The number of fused-ring (bicyclic) bond motifs is 3. The molecule has 0 aromatic heterocycles. The largest absolute Gasteiger partial charge is 0.480 e. The average Bonchev–Trinajstić information content (AvgIpc) is 3.16. The van der Waals surface area contributed by atoms with Gasteiger partial charge in [-0.2, -0.15) is 11.8 Å². The smallest absolute Gasteiger partial charge is 0.407 e. The molecule has 7 nitrogen and oxygen atoms in total. The van der Waals surface area contributed by atoms with Crippen LogP contribution >= 0.6 is 11.8 Å². The zero-order valence-electron chi connectivity index (χ0n) is 19.2. The maximum absolute atomic E-state index is 12.8. The van der Waals surface area contributed by atoms with Crippen LogP contribution in [0.3, 0.4) is 0 Å².